The zero-order chi connectivity index (χ0) is 13.9. The van der Waals surface area contributed by atoms with Crippen LogP contribution in [0.3, 0.4) is 0 Å². The predicted octanol–water partition coefficient (Wildman–Crippen LogP) is 4.86. The van der Waals surface area contributed by atoms with Crippen LogP contribution < -0.4 is 5.32 Å². The molecule has 0 amide bonds. The average molecular weight is 284 g/mol. The van der Waals surface area contributed by atoms with Crippen LogP contribution in [0.25, 0.3) is 0 Å². The molecule has 0 radical (unpaired) electrons. The molecule has 0 bridgehead atoms. The van der Waals surface area contributed by atoms with Crippen molar-refractivity contribution in [2.24, 2.45) is 11.3 Å². The standard InChI is InChI=1S/C17H33NS/c1-17(2,3)13-10-11-15(18-4)16(12-13)19-14-8-6-5-7-9-14/h13-16,18H,5-12H2,1-4H3. The van der Waals surface area contributed by atoms with E-state index in [4.69, 9.17) is 0 Å². The van der Waals surface area contributed by atoms with Crippen LogP contribution >= 0.6 is 11.8 Å². The molecule has 0 aliphatic heterocycles. The van der Waals surface area contributed by atoms with E-state index >= 15 is 0 Å². The second kappa shape index (κ2) is 6.85. The Bertz CT molecular complexity index is 265. The van der Waals surface area contributed by atoms with Crippen LogP contribution in [0.4, 0.5) is 0 Å². The van der Waals surface area contributed by atoms with Crippen molar-refractivity contribution < 1.29 is 0 Å². The summed E-state index contributed by atoms with van der Waals surface area (Å²) >= 11 is 2.33. The summed E-state index contributed by atoms with van der Waals surface area (Å²) in [6.07, 6.45) is 11.6. The van der Waals surface area contributed by atoms with E-state index in [2.05, 4.69) is 44.9 Å². The number of hydrogen-bond acceptors (Lipinski definition) is 2. The van der Waals surface area contributed by atoms with Crippen LogP contribution in [0.15, 0.2) is 0 Å². The van der Waals surface area contributed by atoms with Crippen molar-refractivity contribution in [1.82, 2.24) is 5.32 Å². The summed E-state index contributed by atoms with van der Waals surface area (Å²) in [5.41, 5.74) is 0.490. The Kier molecular flexibility index (Phi) is 5.65. The van der Waals surface area contributed by atoms with E-state index < -0.39 is 0 Å². The van der Waals surface area contributed by atoms with Crippen molar-refractivity contribution in [1.29, 1.82) is 0 Å². The Morgan fingerprint density at radius 1 is 0.947 bits per heavy atom. The topological polar surface area (TPSA) is 12.0 Å². The van der Waals surface area contributed by atoms with E-state index in [-0.39, 0.29) is 0 Å². The first-order valence-electron chi connectivity index (χ1n) is 8.33. The van der Waals surface area contributed by atoms with Crippen LogP contribution in [-0.4, -0.2) is 23.6 Å². The second-order valence-corrected chi connectivity index (χ2v) is 9.25. The predicted molar refractivity (Wildman–Crippen MR) is 87.9 cm³/mol. The molecule has 0 spiro atoms. The molecule has 2 aliphatic rings. The Balaban J connectivity index is 1.93. The van der Waals surface area contributed by atoms with Crippen LogP contribution in [0, 0.1) is 11.3 Å². The van der Waals surface area contributed by atoms with Gasteiger partial charge >= 0.3 is 0 Å². The van der Waals surface area contributed by atoms with Gasteiger partial charge in [0, 0.05) is 16.5 Å². The van der Waals surface area contributed by atoms with E-state index in [0.717, 1.165) is 22.5 Å². The summed E-state index contributed by atoms with van der Waals surface area (Å²) in [6.45, 7) is 7.29. The molecule has 0 aromatic rings. The van der Waals surface area contributed by atoms with Gasteiger partial charge in [-0.15, -0.1) is 0 Å². The summed E-state index contributed by atoms with van der Waals surface area (Å²) in [7, 11) is 2.16. The fourth-order valence-corrected chi connectivity index (χ4v) is 5.75. The van der Waals surface area contributed by atoms with Crippen LogP contribution in [0.5, 0.6) is 0 Å². The first-order chi connectivity index (χ1) is 9.00. The highest BCUT2D eigenvalue weighted by molar-refractivity contribution is 8.00. The first kappa shape index (κ1) is 15.7. The van der Waals surface area contributed by atoms with E-state index in [0.29, 0.717) is 5.41 Å². The summed E-state index contributed by atoms with van der Waals surface area (Å²) in [6, 6.07) is 0.755. The van der Waals surface area contributed by atoms with Crippen LogP contribution in [0.2, 0.25) is 0 Å². The Morgan fingerprint density at radius 3 is 2.21 bits per heavy atom. The molecule has 3 atom stereocenters. The first-order valence-corrected chi connectivity index (χ1v) is 9.27. The minimum atomic E-state index is 0.490. The molecule has 2 aliphatic carbocycles. The van der Waals surface area contributed by atoms with Gasteiger partial charge in [0.25, 0.3) is 0 Å². The normalized spacial score (nSPS) is 34.4. The quantitative estimate of drug-likeness (QED) is 0.794. The molecule has 112 valence electrons. The summed E-state index contributed by atoms with van der Waals surface area (Å²) in [5.74, 6) is 0.915. The molecule has 1 nitrogen and oxygen atoms in total. The minimum absolute atomic E-state index is 0.490. The smallest absolute Gasteiger partial charge is 0.0206 e. The maximum atomic E-state index is 3.59. The van der Waals surface area contributed by atoms with Gasteiger partial charge in [-0.05, 0) is 50.5 Å². The van der Waals surface area contributed by atoms with Gasteiger partial charge in [0.05, 0.1) is 0 Å². The third kappa shape index (κ3) is 4.39. The number of thioether (sulfide) groups is 1. The molecule has 0 aromatic heterocycles. The van der Waals surface area contributed by atoms with Crippen molar-refractivity contribution in [2.75, 3.05) is 7.05 Å². The Hall–Kier alpha value is 0.310. The largest absolute Gasteiger partial charge is 0.316 e. The molecule has 0 aromatic carbocycles. The third-order valence-electron chi connectivity index (χ3n) is 5.31. The van der Waals surface area contributed by atoms with Gasteiger partial charge in [-0.25, -0.2) is 0 Å². The third-order valence-corrected chi connectivity index (χ3v) is 7.03. The average Bonchev–Trinajstić information content (AvgIpc) is 2.39. The van der Waals surface area contributed by atoms with E-state index in [1.54, 1.807) is 0 Å². The van der Waals surface area contributed by atoms with Gasteiger partial charge in [-0.1, -0.05) is 40.0 Å². The molecule has 3 unspecified atom stereocenters. The fourth-order valence-electron chi connectivity index (χ4n) is 3.84. The lowest BCUT2D eigenvalue weighted by Gasteiger charge is -2.43. The SMILES string of the molecule is CNC1CCC(C(C)(C)C)CC1SC1CCCCC1. The molecule has 2 fully saturated rings. The van der Waals surface area contributed by atoms with E-state index in [1.807, 2.05) is 0 Å². The van der Waals surface area contributed by atoms with Crippen molar-refractivity contribution in [3.63, 3.8) is 0 Å². The van der Waals surface area contributed by atoms with Crippen LogP contribution in [0.1, 0.15) is 72.1 Å². The maximum Gasteiger partial charge on any atom is 0.0206 e. The van der Waals surface area contributed by atoms with Gasteiger partial charge in [0.2, 0.25) is 0 Å². The maximum absolute atomic E-state index is 3.59. The Labute approximate surface area is 124 Å². The zero-order valence-corrected chi connectivity index (χ0v) is 14.2. The second-order valence-electron chi connectivity index (χ2n) is 7.71. The van der Waals surface area contributed by atoms with Gasteiger partial charge in [0.1, 0.15) is 0 Å². The number of hydrogen-bond donors (Lipinski definition) is 1. The lowest BCUT2D eigenvalue weighted by Crippen LogP contribution is -2.44. The minimum Gasteiger partial charge on any atom is -0.316 e. The van der Waals surface area contributed by atoms with Crippen molar-refractivity contribution in [3.8, 4) is 0 Å². The van der Waals surface area contributed by atoms with Gasteiger partial charge < -0.3 is 5.32 Å². The van der Waals surface area contributed by atoms with Crippen molar-refractivity contribution in [3.05, 3.63) is 0 Å². The number of rotatable bonds is 3. The summed E-state index contributed by atoms with van der Waals surface area (Å²) in [4.78, 5) is 0. The lowest BCUT2D eigenvalue weighted by molar-refractivity contribution is 0.167. The molecule has 2 heteroatoms. The van der Waals surface area contributed by atoms with Gasteiger partial charge in [-0.3, -0.25) is 0 Å². The highest BCUT2D eigenvalue weighted by atomic mass is 32.2. The molecule has 2 rings (SSSR count). The monoisotopic (exact) mass is 283 g/mol. The lowest BCUT2D eigenvalue weighted by atomic mass is 9.71. The highest BCUT2D eigenvalue weighted by Gasteiger charge is 2.36. The van der Waals surface area contributed by atoms with E-state index in [9.17, 15) is 0 Å². The highest BCUT2D eigenvalue weighted by Crippen LogP contribution is 2.44. The fraction of sp³-hybridized carbons (Fsp3) is 1.00. The molecule has 19 heavy (non-hydrogen) atoms. The summed E-state index contributed by atoms with van der Waals surface area (Å²) in [5, 5.41) is 5.40. The molecule has 2 saturated carbocycles. The number of nitrogens with one attached hydrogen (secondary N) is 1. The molecular formula is C17H33NS. The van der Waals surface area contributed by atoms with Gasteiger partial charge in [0.15, 0.2) is 0 Å². The molecule has 0 saturated heterocycles. The molecule has 0 heterocycles. The Morgan fingerprint density at radius 2 is 1.63 bits per heavy atom. The van der Waals surface area contributed by atoms with Crippen molar-refractivity contribution >= 4 is 11.8 Å². The zero-order valence-electron chi connectivity index (χ0n) is 13.4. The van der Waals surface area contributed by atoms with Gasteiger partial charge in [-0.2, -0.15) is 11.8 Å². The molecular weight excluding hydrogens is 250 g/mol. The van der Waals surface area contributed by atoms with Crippen molar-refractivity contribution in [2.45, 2.75) is 88.7 Å². The van der Waals surface area contributed by atoms with Crippen LogP contribution in [-0.2, 0) is 0 Å². The summed E-state index contributed by atoms with van der Waals surface area (Å²) < 4.78 is 0. The van der Waals surface area contributed by atoms with E-state index in [1.165, 1.54) is 51.4 Å². The molecule has 1 N–H and O–H groups in total.